The molecule has 2 aromatic heterocycles. The molecule has 0 saturated carbocycles. The van der Waals surface area contributed by atoms with Gasteiger partial charge in [-0.15, -0.1) is 21.5 Å². The second-order valence-corrected chi connectivity index (χ2v) is 7.35. The van der Waals surface area contributed by atoms with Crippen molar-refractivity contribution in [1.82, 2.24) is 20.0 Å². The van der Waals surface area contributed by atoms with Gasteiger partial charge in [0.2, 0.25) is 5.89 Å². The summed E-state index contributed by atoms with van der Waals surface area (Å²) in [4.78, 5) is 17.4. The van der Waals surface area contributed by atoms with Crippen molar-refractivity contribution in [2.45, 2.75) is 13.0 Å². The van der Waals surface area contributed by atoms with Crippen LogP contribution in [0.1, 0.15) is 29.2 Å². The van der Waals surface area contributed by atoms with Gasteiger partial charge in [0.1, 0.15) is 5.82 Å². The molecule has 1 aliphatic rings. The van der Waals surface area contributed by atoms with Gasteiger partial charge in [0.25, 0.3) is 11.8 Å². The fourth-order valence-corrected chi connectivity index (χ4v) is 3.82. The molecule has 8 heteroatoms. The predicted molar refractivity (Wildman–Crippen MR) is 99.9 cm³/mol. The molecule has 1 saturated heterocycles. The first kappa shape index (κ1) is 17.8. The van der Waals surface area contributed by atoms with Crippen LogP contribution in [-0.4, -0.2) is 52.1 Å². The molecule has 1 fully saturated rings. The molecule has 0 spiro atoms. The molecule has 6 nitrogen and oxygen atoms in total. The average Bonchev–Trinajstić information content (AvgIpc) is 3.39. The van der Waals surface area contributed by atoms with E-state index >= 15 is 0 Å². The van der Waals surface area contributed by atoms with Crippen molar-refractivity contribution in [3.8, 4) is 10.8 Å². The molecule has 27 heavy (non-hydrogen) atoms. The molecule has 0 aliphatic carbocycles. The standard InChI is InChI=1S/C19H19FN4O2S/c1-13(17-21-22-18(26-17)16-7-4-12-27-16)23-8-10-24(11-9-23)19(25)14-5-2-3-6-15(14)20/h2-7,12-13H,8-11H2,1H3. The summed E-state index contributed by atoms with van der Waals surface area (Å²) < 4.78 is 19.7. The maximum absolute atomic E-state index is 13.9. The summed E-state index contributed by atoms with van der Waals surface area (Å²) in [6, 6.07) is 9.94. The Bertz CT molecular complexity index is 919. The monoisotopic (exact) mass is 386 g/mol. The second-order valence-electron chi connectivity index (χ2n) is 6.41. The molecule has 1 aliphatic heterocycles. The van der Waals surface area contributed by atoms with Crippen LogP contribution in [0, 0.1) is 5.82 Å². The van der Waals surface area contributed by atoms with E-state index in [1.54, 1.807) is 28.4 Å². The Morgan fingerprint density at radius 1 is 1.15 bits per heavy atom. The van der Waals surface area contributed by atoms with E-state index < -0.39 is 5.82 Å². The first-order valence-corrected chi connectivity index (χ1v) is 9.66. The minimum Gasteiger partial charge on any atom is -0.418 e. The van der Waals surface area contributed by atoms with E-state index in [1.807, 2.05) is 24.4 Å². The number of hydrogen-bond acceptors (Lipinski definition) is 6. The van der Waals surface area contributed by atoms with Crippen molar-refractivity contribution in [2.24, 2.45) is 0 Å². The van der Waals surface area contributed by atoms with Gasteiger partial charge in [-0.2, -0.15) is 0 Å². The molecule has 1 amide bonds. The quantitative estimate of drug-likeness (QED) is 0.687. The maximum Gasteiger partial charge on any atom is 0.257 e. The van der Waals surface area contributed by atoms with Crippen molar-refractivity contribution < 1.29 is 13.6 Å². The van der Waals surface area contributed by atoms with Crippen LogP contribution in [0.15, 0.2) is 46.2 Å². The van der Waals surface area contributed by atoms with Crippen molar-refractivity contribution in [3.05, 3.63) is 59.0 Å². The van der Waals surface area contributed by atoms with Crippen molar-refractivity contribution in [3.63, 3.8) is 0 Å². The zero-order valence-electron chi connectivity index (χ0n) is 14.8. The van der Waals surface area contributed by atoms with E-state index in [2.05, 4.69) is 15.1 Å². The van der Waals surface area contributed by atoms with Crippen molar-refractivity contribution >= 4 is 17.2 Å². The lowest BCUT2D eigenvalue weighted by Crippen LogP contribution is -2.49. The van der Waals surface area contributed by atoms with Crippen LogP contribution in [0.25, 0.3) is 10.8 Å². The normalized spacial score (nSPS) is 16.4. The van der Waals surface area contributed by atoms with E-state index in [0.717, 1.165) is 4.88 Å². The third kappa shape index (κ3) is 3.63. The molecular formula is C19H19FN4O2S. The van der Waals surface area contributed by atoms with Crippen LogP contribution < -0.4 is 0 Å². The van der Waals surface area contributed by atoms with Crippen LogP contribution in [0.5, 0.6) is 0 Å². The fourth-order valence-electron chi connectivity index (χ4n) is 3.18. The minimum atomic E-state index is -0.481. The number of piperazine rings is 1. The Morgan fingerprint density at radius 2 is 1.93 bits per heavy atom. The van der Waals surface area contributed by atoms with E-state index in [1.165, 1.54) is 12.1 Å². The second kappa shape index (κ2) is 7.58. The first-order valence-electron chi connectivity index (χ1n) is 8.78. The lowest BCUT2D eigenvalue weighted by atomic mass is 10.1. The van der Waals surface area contributed by atoms with Gasteiger partial charge in [-0.1, -0.05) is 18.2 Å². The van der Waals surface area contributed by atoms with Gasteiger partial charge >= 0.3 is 0 Å². The predicted octanol–water partition coefficient (Wildman–Crippen LogP) is 3.46. The number of benzene rings is 1. The number of hydrogen-bond donors (Lipinski definition) is 0. The number of halogens is 1. The number of nitrogens with zero attached hydrogens (tertiary/aromatic N) is 4. The molecule has 4 rings (SSSR count). The van der Waals surface area contributed by atoms with Gasteiger partial charge < -0.3 is 9.32 Å². The summed E-state index contributed by atoms with van der Waals surface area (Å²) in [7, 11) is 0. The largest absolute Gasteiger partial charge is 0.418 e. The fraction of sp³-hybridized carbons (Fsp3) is 0.316. The Kier molecular flexibility index (Phi) is 5.00. The summed E-state index contributed by atoms with van der Waals surface area (Å²) in [6.07, 6.45) is 0. The van der Waals surface area contributed by atoms with Crippen LogP contribution >= 0.6 is 11.3 Å². The van der Waals surface area contributed by atoms with Gasteiger partial charge in [0, 0.05) is 26.2 Å². The summed E-state index contributed by atoms with van der Waals surface area (Å²) in [5.74, 6) is 0.343. The van der Waals surface area contributed by atoms with E-state index in [0.29, 0.717) is 38.0 Å². The Hall–Kier alpha value is -2.58. The summed E-state index contributed by atoms with van der Waals surface area (Å²) >= 11 is 1.55. The zero-order chi connectivity index (χ0) is 18.8. The average molecular weight is 386 g/mol. The van der Waals surface area contributed by atoms with Gasteiger partial charge in [-0.25, -0.2) is 4.39 Å². The summed E-state index contributed by atoms with van der Waals surface area (Å²) in [6.45, 7) is 4.41. The van der Waals surface area contributed by atoms with Gasteiger partial charge in [0.05, 0.1) is 16.5 Å². The number of carbonyl (C=O) groups excluding carboxylic acids is 1. The van der Waals surface area contributed by atoms with E-state index in [4.69, 9.17) is 4.42 Å². The summed E-state index contributed by atoms with van der Waals surface area (Å²) in [5, 5.41) is 10.3. The molecule has 1 unspecified atom stereocenters. The number of thiophene rings is 1. The van der Waals surface area contributed by atoms with Crippen molar-refractivity contribution in [2.75, 3.05) is 26.2 Å². The molecule has 140 valence electrons. The zero-order valence-corrected chi connectivity index (χ0v) is 15.7. The minimum absolute atomic E-state index is 0.0445. The lowest BCUT2D eigenvalue weighted by Gasteiger charge is -2.36. The van der Waals surface area contributed by atoms with Crippen LogP contribution in [0.3, 0.4) is 0 Å². The molecule has 3 heterocycles. The third-order valence-corrected chi connectivity index (χ3v) is 5.64. The Balaban J connectivity index is 1.39. The summed E-state index contributed by atoms with van der Waals surface area (Å²) in [5.41, 5.74) is 0.122. The SMILES string of the molecule is CC(c1nnc(-c2cccs2)o1)N1CCN(C(=O)c2ccccc2F)CC1. The van der Waals surface area contributed by atoms with Crippen LogP contribution in [-0.2, 0) is 0 Å². The van der Waals surface area contributed by atoms with Gasteiger partial charge in [-0.05, 0) is 30.5 Å². The van der Waals surface area contributed by atoms with Crippen LogP contribution in [0.4, 0.5) is 4.39 Å². The number of rotatable bonds is 4. The molecule has 0 radical (unpaired) electrons. The third-order valence-electron chi connectivity index (χ3n) is 4.78. The lowest BCUT2D eigenvalue weighted by molar-refractivity contribution is 0.0555. The number of carbonyl (C=O) groups is 1. The van der Waals surface area contributed by atoms with Crippen LogP contribution in [0.2, 0.25) is 0 Å². The van der Waals surface area contributed by atoms with E-state index in [9.17, 15) is 9.18 Å². The highest BCUT2D eigenvalue weighted by Crippen LogP contribution is 2.27. The van der Waals surface area contributed by atoms with Gasteiger partial charge in [0.15, 0.2) is 0 Å². The molecule has 1 aromatic carbocycles. The highest BCUT2D eigenvalue weighted by Gasteiger charge is 2.28. The highest BCUT2D eigenvalue weighted by molar-refractivity contribution is 7.13. The maximum atomic E-state index is 13.9. The Morgan fingerprint density at radius 3 is 2.63 bits per heavy atom. The highest BCUT2D eigenvalue weighted by atomic mass is 32.1. The van der Waals surface area contributed by atoms with E-state index in [-0.39, 0.29) is 17.5 Å². The molecular weight excluding hydrogens is 367 g/mol. The molecule has 0 N–H and O–H groups in total. The molecule has 0 bridgehead atoms. The van der Waals surface area contributed by atoms with Crippen molar-refractivity contribution in [1.29, 1.82) is 0 Å². The molecule has 3 aromatic rings. The number of aromatic nitrogens is 2. The number of amides is 1. The Labute approximate surface area is 160 Å². The molecule has 1 atom stereocenters. The van der Waals surface area contributed by atoms with Gasteiger partial charge in [-0.3, -0.25) is 9.69 Å². The smallest absolute Gasteiger partial charge is 0.257 e. The first-order chi connectivity index (χ1) is 13.1. The topological polar surface area (TPSA) is 62.5 Å².